The standard InChI is InChI=1S/C26H28N4O3/c1-26(2,25(31)28-16-19-11-13-27-14-12-19)33-24-22-15-21(18-32-3)9-10-23(22)30(29-24)17-20-7-5-4-6-8-20/h4-15H,16-18H2,1-3H3,(H,28,31). The van der Waals surface area contributed by atoms with E-state index in [2.05, 4.69) is 22.4 Å². The molecule has 0 unspecified atom stereocenters. The first-order valence-corrected chi connectivity index (χ1v) is 10.8. The van der Waals surface area contributed by atoms with Gasteiger partial charge < -0.3 is 14.8 Å². The van der Waals surface area contributed by atoms with Crippen molar-refractivity contribution in [3.05, 3.63) is 89.7 Å². The average Bonchev–Trinajstić information content (AvgIpc) is 3.14. The molecule has 7 heteroatoms. The highest BCUT2D eigenvalue weighted by Crippen LogP contribution is 2.30. The molecule has 1 N–H and O–H groups in total. The first kappa shape index (κ1) is 22.5. The number of aromatic nitrogens is 3. The molecular formula is C26H28N4O3. The largest absolute Gasteiger partial charge is 0.460 e. The number of benzene rings is 2. The van der Waals surface area contributed by atoms with Crippen molar-refractivity contribution < 1.29 is 14.3 Å². The van der Waals surface area contributed by atoms with Crippen LogP contribution in [0.1, 0.15) is 30.5 Å². The van der Waals surface area contributed by atoms with Gasteiger partial charge in [0.1, 0.15) is 0 Å². The zero-order chi connectivity index (χ0) is 23.3. The van der Waals surface area contributed by atoms with Crippen molar-refractivity contribution in [2.45, 2.75) is 39.1 Å². The van der Waals surface area contributed by atoms with Gasteiger partial charge in [0, 0.05) is 26.0 Å². The number of carbonyl (C=O) groups is 1. The van der Waals surface area contributed by atoms with E-state index in [4.69, 9.17) is 14.6 Å². The molecule has 0 aliphatic rings. The molecule has 2 aromatic carbocycles. The van der Waals surface area contributed by atoms with Crippen LogP contribution in [0.4, 0.5) is 0 Å². The molecule has 2 heterocycles. The Bertz CT molecular complexity index is 1220. The second-order valence-electron chi connectivity index (χ2n) is 8.38. The van der Waals surface area contributed by atoms with Crippen LogP contribution < -0.4 is 10.1 Å². The number of carbonyl (C=O) groups excluding carboxylic acids is 1. The predicted octanol–water partition coefficient (Wildman–Crippen LogP) is 4.10. The van der Waals surface area contributed by atoms with Crippen LogP contribution in [0.5, 0.6) is 5.88 Å². The Hall–Kier alpha value is -3.71. The number of fused-ring (bicyclic) bond motifs is 1. The zero-order valence-electron chi connectivity index (χ0n) is 19.1. The van der Waals surface area contributed by atoms with Crippen molar-refractivity contribution in [1.29, 1.82) is 0 Å². The van der Waals surface area contributed by atoms with Gasteiger partial charge in [-0.1, -0.05) is 36.4 Å². The Morgan fingerprint density at radius 1 is 1.00 bits per heavy atom. The first-order chi connectivity index (χ1) is 16.0. The summed E-state index contributed by atoms with van der Waals surface area (Å²) in [6, 6.07) is 19.9. The van der Waals surface area contributed by atoms with Gasteiger partial charge in [-0.15, -0.1) is 5.10 Å². The number of nitrogens with zero attached hydrogens (tertiary/aromatic N) is 3. The summed E-state index contributed by atoms with van der Waals surface area (Å²) in [5.41, 5.74) is 2.92. The molecule has 2 aromatic heterocycles. The third-order valence-electron chi connectivity index (χ3n) is 5.37. The molecule has 33 heavy (non-hydrogen) atoms. The number of hydrogen-bond acceptors (Lipinski definition) is 5. The van der Waals surface area contributed by atoms with Crippen LogP contribution in [0, 0.1) is 0 Å². The Morgan fingerprint density at radius 2 is 1.76 bits per heavy atom. The van der Waals surface area contributed by atoms with Crippen LogP contribution in [0.3, 0.4) is 0 Å². The minimum Gasteiger partial charge on any atom is -0.460 e. The third-order valence-corrected chi connectivity index (χ3v) is 5.37. The van der Waals surface area contributed by atoms with Gasteiger partial charge in [-0.2, -0.15) is 0 Å². The quantitative estimate of drug-likeness (QED) is 0.421. The molecule has 7 nitrogen and oxygen atoms in total. The number of nitrogens with one attached hydrogen (secondary N) is 1. The summed E-state index contributed by atoms with van der Waals surface area (Å²) in [5, 5.41) is 8.52. The molecule has 4 rings (SSSR count). The Balaban J connectivity index is 1.60. The molecule has 0 saturated heterocycles. The van der Waals surface area contributed by atoms with Crippen molar-refractivity contribution in [3.8, 4) is 5.88 Å². The highest BCUT2D eigenvalue weighted by atomic mass is 16.5. The van der Waals surface area contributed by atoms with Crippen LogP contribution in [0.15, 0.2) is 73.1 Å². The maximum absolute atomic E-state index is 12.9. The zero-order valence-corrected chi connectivity index (χ0v) is 19.1. The molecule has 0 fully saturated rings. The molecule has 0 bridgehead atoms. The third kappa shape index (κ3) is 5.38. The van der Waals surface area contributed by atoms with Crippen molar-refractivity contribution in [1.82, 2.24) is 20.1 Å². The summed E-state index contributed by atoms with van der Waals surface area (Å²) in [4.78, 5) is 16.9. The summed E-state index contributed by atoms with van der Waals surface area (Å²) in [6.45, 7) is 4.97. The molecule has 0 radical (unpaired) electrons. The highest BCUT2D eigenvalue weighted by Gasteiger charge is 2.32. The van der Waals surface area contributed by atoms with Gasteiger partial charge in [0.25, 0.3) is 5.91 Å². The molecule has 0 atom stereocenters. The minimum absolute atomic E-state index is 0.224. The lowest BCUT2D eigenvalue weighted by atomic mass is 10.1. The normalized spacial score (nSPS) is 11.5. The molecule has 170 valence electrons. The van der Waals surface area contributed by atoms with E-state index in [0.29, 0.717) is 25.6 Å². The Kier molecular flexibility index (Phi) is 6.70. The average molecular weight is 445 g/mol. The summed E-state index contributed by atoms with van der Waals surface area (Å²) in [7, 11) is 1.66. The number of rotatable bonds is 9. The van der Waals surface area contributed by atoms with Gasteiger partial charge in [0.15, 0.2) is 5.60 Å². The van der Waals surface area contributed by atoms with Gasteiger partial charge in [-0.25, -0.2) is 0 Å². The molecule has 1 amide bonds. The van der Waals surface area contributed by atoms with E-state index in [9.17, 15) is 4.79 Å². The summed E-state index contributed by atoms with van der Waals surface area (Å²) < 4.78 is 13.4. The fourth-order valence-electron chi connectivity index (χ4n) is 3.59. The fraction of sp³-hybridized carbons (Fsp3) is 0.269. The predicted molar refractivity (Wildman–Crippen MR) is 127 cm³/mol. The highest BCUT2D eigenvalue weighted by molar-refractivity contribution is 5.88. The SMILES string of the molecule is COCc1ccc2c(c1)c(OC(C)(C)C(=O)NCc1ccncc1)nn2Cc1ccccc1. The summed E-state index contributed by atoms with van der Waals surface area (Å²) in [6.07, 6.45) is 3.40. The van der Waals surface area contributed by atoms with E-state index in [0.717, 1.165) is 27.6 Å². The van der Waals surface area contributed by atoms with Gasteiger partial charge in [-0.3, -0.25) is 14.5 Å². The van der Waals surface area contributed by atoms with E-state index in [1.54, 1.807) is 33.4 Å². The minimum atomic E-state index is -1.12. The van der Waals surface area contributed by atoms with Crippen molar-refractivity contribution in [2.75, 3.05) is 7.11 Å². The lowest BCUT2D eigenvalue weighted by Crippen LogP contribution is -2.46. The van der Waals surface area contributed by atoms with Crippen LogP contribution in [0.2, 0.25) is 0 Å². The van der Waals surface area contributed by atoms with Gasteiger partial charge in [0.05, 0.1) is 24.1 Å². The maximum Gasteiger partial charge on any atom is 0.263 e. The van der Waals surface area contributed by atoms with E-state index >= 15 is 0 Å². The molecule has 0 aliphatic carbocycles. The first-order valence-electron chi connectivity index (χ1n) is 10.8. The van der Waals surface area contributed by atoms with Crippen molar-refractivity contribution in [2.24, 2.45) is 0 Å². The molecule has 0 saturated carbocycles. The molecular weight excluding hydrogens is 416 g/mol. The second-order valence-corrected chi connectivity index (χ2v) is 8.38. The maximum atomic E-state index is 12.9. The van der Waals surface area contributed by atoms with Crippen molar-refractivity contribution >= 4 is 16.8 Å². The summed E-state index contributed by atoms with van der Waals surface area (Å²) in [5.74, 6) is 0.195. The van der Waals surface area contributed by atoms with E-state index < -0.39 is 5.60 Å². The smallest absolute Gasteiger partial charge is 0.263 e. The topological polar surface area (TPSA) is 78.3 Å². The van der Waals surface area contributed by atoms with Crippen LogP contribution in [-0.2, 0) is 29.2 Å². The van der Waals surface area contributed by atoms with E-state index in [1.807, 2.05) is 53.2 Å². The Labute approximate surface area is 193 Å². The summed E-state index contributed by atoms with van der Waals surface area (Å²) >= 11 is 0. The van der Waals surface area contributed by atoms with Crippen LogP contribution in [-0.4, -0.2) is 33.4 Å². The fourth-order valence-corrected chi connectivity index (χ4v) is 3.59. The van der Waals surface area contributed by atoms with Crippen LogP contribution >= 0.6 is 0 Å². The van der Waals surface area contributed by atoms with Crippen molar-refractivity contribution in [3.63, 3.8) is 0 Å². The van der Waals surface area contributed by atoms with Crippen LogP contribution in [0.25, 0.3) is 10.9 Å². The molecule has 0 spiro atoms. The second kappa shape index (κ2) is 9.83. The monoisotopic (exact) mass is 444 g/mol. The molecule has 4 aromatic rings. The number of hydrogen-bond donors (Lipinski definition) is 1. The number of amides is 1. The number of methoxy groups -OCH3 is 1. The molecule has 0 aliphatic heterocycles. The lowest BCUT2D eigenvalue weighted by Gasteiger charge is -2.24. The van der Waals surface area contributed by atoms with Gasteiger partial charge in [-0.05, 0) is 54.8 Å². The number of pyridine rings is 1. The van der Waals surface area contributed by atoms with E-state index in [1.165, 1.54) is 0 Å². The lowest BCUT2D eigenvalue weighted by molar-refractivity contribution is -0.134. The van der Waals surface area contributed by atoms with Gasteiger partial charge >= 0.3 is 0 Å². The van der Waals surface area contributed by atoms with E-state index in [-0.39, 0.29) is 5.91 Å². The van der Waals surface area contributed by atoms with Gasteiger partial charge in [0.2, 0.25) is 5.88 Å². The Morgan fingerprint density at radius 3 is 2.48 bits per heavy atom. The number of ether oxygens (including phenoxy) is 2.